The molecule has 0 aromatic carbocycles. The maximum absolute atomic E-state index is 11.9. The van der Waals surface area contributed by atoms with Gasteiger partial charge in [0.25, 0.3) is 0 Å². The van der Waals surface area contributed by atoms with Crippen molar-refractivity contribution >= 4 is 22.0 Å². The lowest BCUT2D eigenvalue weighted by molar-refractivity contribution is -0.0707. The number of ether oxygens (including phenoxy) is 3. The molecule has 18 heavy (non-hydrogen) atoms. The molecule has 0 aromatic rings. The zero-order chi connectivity index (χ0) is 13.6. The summed E-state index contributed by atoms with van der Waals surface area (Å²) in [7, 11) is 0. The Morgan fingerprint density at radius 1 is 1.50 bits per heavy atom. The second-order valence-electron chi connectivity index (χ2n) is 5.18. The minimum Gasteiger partial charge on any atom is -0.444 e. The molecule has 0 aliphatic carbocycles. The number of amides is 1. The smallest absolute Gasteiger partial charge is 0.410 e. The fraction of sp³-hybridized carbons (Fsp3) is 0.917. The van der Waals surface area contributed by atoms with Gasteiger partial charge in [0.1, 0.15) is 5.60 Å². The third kappa shape index (κ3) is 6.02. The summed E-state index contributed by atoms with van der Waals surface area (Å²) in [5.41, 5.74) is -0.461. The normalized spacial score (nSPS) is 20.9. The highest BCUT2D eigenvalue weighted by Gasteiger charge is 2.28. The predicted octanol–water partition coefficient (Wildman–Crippen LogP) is 2.03. The minimum absolute atomic E-state index is 0.0645. The van der Waals surface area contributed by atoms with Crippen molar-refractivity contribution in [2.45, 2.75) is 32.5 Å². The predicted molar refractivity (Wildman–Crippen MR) is 72.2 cm³/mol. The molecule has 1 amide bonds. The molecule has 1 atom stereocenters. The molecule has 0 N–H and O–H groups in total. The average Bonchev–Trinajstić information content (AvgIpc) is 2.27. The zero-order valence-electron chi connectivity index (χ0n) is 11.3. The molecule has 6 heteroatoms. The van der Waals surface area contributed by atoms with Crippen LogP contribution in [-0.4, -0.2) is 60.9 Å². The molecule has 0 saturated carbocycles. The Bertz CT molecular complexity index is 267. The number of morpholine rings is 1. The van der Waals surface area contributed by atoms with Crippen molar-refractivity contribution in [3.63, 3.8) is 0 Å². The molecule has 1 rings (SSSR count). The topological polar surface area (TPSA) is 48.0 Å². The fourth-order valence-corrected chi connectivity index (χ4v) is 1.81. The van der Waals surface area contributed by atoms with E-state index in [4.69, 9.17) is 14.2 Å². The number of hydrogen-bond acceptors (Lipinski definition) is 4. The van der Waals surface area contributed by atoms with Crippen molar-refractivity contribution in [2.75, 3.05) is 38.2 Å². The number of alkyl halides is 1. The Hall–Kier alpha value is -0.330. The number of rotatable bonds is 4. The highest BCUT2D eigenvalue weighted by Crippen LogP contribution is 2.13. The highest BCUT2D eigenvalue weighted by molar-refractivity contribution is 9.09. The Morgan fingerprint density at radius 3 is 2.83 bits per heavy atom. The Kier molecular flexibility index (Phi) is 6.38. The van der Waals surface area contributed by atoms with Gasteiger partial charge >= 0.3 is 6.09 Å². The third-order valence-electron chi connectivity index (χ3n) is 2.32. The van der Waals surface area contributed by atoms with E-state index >= 15 is 0 Å². The molecule has 1 heterocycles. The van der Waals surface area contributed by atoms with Crippen molar-refractivity contribution in [3.05, 3.63) is 0 Å². The van der Waals surface area contributed by atoms with Crippen LogP contribution in [0.3, 0.4) is 0 Å². The van der Waals surface area contributed by atoms with Gasteiger partial charge in [-0.15, -0.1) is 0 Å². The van der Waals surface area contributed by atoms with E-state index in [1.54, 1.807) is 4.90 Å². The Balaban J connectivity index is 2.36. The first-order valence-corrected chi connectivity index (χ1v) is 7.28. The summed E-state index contributed by atoms with van der Waals surface area (Å²) in [6.07, 6.45) is -0.346. The summed E-state index contributed by atoms with van der Waals surface area (Å²) in [5.74, 6) is 0. The molecule has 0 spiro atoms. The summed E-state index contributed by atoms with van der Waals surface area (Å²) in [6, 6.07) is 0. The van der Waals surface area contributed by atoms with E-state index in [-0.39, 0.29) is 12.2 Å². The van der Waals surface area contributed by atoms with E-state index in [9.17, 15) is 4.79 Å². The molecule has 0 aromatic heterocycles. The van der Waals surface area contributed by atoms with Crippen LogP contribution >= 0.6 is 15.9 Å². The van der Waals surface area contributed by atoms with Gasteiger partial charge in [-0.05, 0) is 20.8 Å². The van der Waals surface area contributed by atoms with Crippen molar-refractivity contribution in [1.29, 1.82) is 0 Å². The molecule has 1 fully saturated rings. The van der Waals surface area contributed by atoms with Gasteiger partial charge in [0.2, 0.25) is 0 Å². The standard InChI is InChI=1S/C12H22BrNO4/c1-12(2,3)18-11(15)14-5-7-17-10(8-14)9-16-6-4-13/h10H,4-9H2,1-3H3/t10-/m1/s1. The highest BCUT2D eigenvalue weighted by atomic mass is 79.9. The van der Waals surface area contributed by atoms with E-state index in [2.05, 4.69) is 15.9 Å². The molecular formula is C12H22BrNO4. The molecule has 0 unspecified atom stereocenters. The van der Waals surface area contributed by atoms with Crippen LogP contribution in [-0.2, 0) is 14.2 Å². The molecule has 1 aliphatic rings. The lowest BCUT2D eigenvalue weighted by Crippen LogP contribution is -2.48. The van der Waals surface area contributed by atoms with Crippen LogP contribution in [0.5, 0.6) is 0 Å². The van der Waals surface area contributed by atoms with E-state index < -0.39 is 5.60 Å². The second-order valence-corrected chi connectivity index (χ2v) is 5.98. The van der Waals surface area contributed by atoms with Gasteiger partial charge in [0, 0.05) is 11.9 Å². The van der Waals surface area contributed by atoms with Gasteiger partial charge in [-0.25, -0.2) is 4.79 Å². The Labute approximate surface area is 117 Å². The molecule has 1 aliphatic heterocycles. The third-order valence-corrected chi connectivity index (χ3v) is 2.64. The van der Waals surface area contributed by atoms with Crippen LogP contribution < -0.4 is 0 Å². The van der Waals surface area contributed by atoms with Crippen LogP contribution in [0, 0.1) is 0 Å². The maximum Gasteiger partial charge on any atom is 0.410 e. The van der Waals surface area contributed by atoms with Gasteiger partial charge in [0.15, 0.2) is 0 Å². The fourth-order valence-electron chi connectivity index (χ4n) is 1.58. The molecular weight excluding hydrogens is 302 g/mol. The lowest BCUT2D eigenvalue weighted by Gasteiger charge is -2.34. The molecule has 5 nitrogen and oxygen atoms in total. The zero-order valence-corrected chi connectivity index (χ0v) is 12.9. The van der Waals surface area contributed by atoms with Crippen molar-refractivity contribution in [3.8, 4) is 0 Å². The first-order valence-electron chi connectivity index (χ1n) is 6.15. The van der Waals surface area contributed by atoms with Crippen LogP contribution in [0.25, 0.3) is 0 Å². The molecule has 0 radical (unpaired) electrons. The molecule has 106 valence electrons. The van der Waals surface area contributed by atoms with Crippen LogP contribution in [0.2, 0.25) is 0 Å². The summed E-state index contributed by atoms with van der Waals surface area (Å²) in [6.45, 7) is 8.37. The van der Waals surface area contributed by atoms with Gasteiger partial charge in [-0.3, -0.25) is 0 Å². The summed E-state index contributed by atoms with van der Waals surface area (Å²) in [5, 5.41) is 0.801. The minimum atomic E-state index is -0.461. The van der Waals surface area contributed by atoms with Crippen molar-refractivity contribution in [1.82, 2.24) is 4.90 Å². The van der Waals surface area contributed by atoms with Crippen LogP contribution in [0.1, 0.15) is 20.8 Å². The van der Waals surface area contributed by atoms with Gasteiger partial charge in [-0.2, -0.15) is 0 Å². The van der Waals surface area contributed by atoms with Crippen LogP contribution in [0.4, 0.5) is 4.79 Å². The number of carbonyl (C=O) groups excluding carboxylic acids is 1. The Morgan fingerprint density at radius 2 is 2.22 bits per heavy atom. The average molecular weight is 324 g/mol. The van der Waals surface area contributed by atoms with Crippen molar-refractivity contribution in [2.24, 2.45) is 0 Å². The number of halogens is 1. The summed E-state index contributed by atoms with van der Waals surface area (Å²) in [4.78, 5) is 13.6. The number of nitrogens with zero attached hydrogens (tertiary/aromatic N) is 1. The molecule has 0 bridgehead atoms. The quantitative estimate of drug-likeness (QED) is 0.586. The van der Waals surface area contributed by atoms with E-state index in [0.29, 0.717) is 32.9 Å². The second kappa shape index (κ2) is 7.31. The first-order chi connectivity index (χ1) is 8.42. The number of hydrogen-bond donors (Lipinski definition) is 0. The van der Waals surface area contributed by atoms with E-state index in [1.807, 2.05) is 20.8 Å². The first kappa shape index (κ1) is 15.7. The van der Waals surface area contributed by atoms with E-state index in [0.717, 1.165) is 5.33 Å². The van der Waals surface area contributed by atoms with Crippen molar-refractivity contribution < 1.29 is 19.0 Å². The van der Waals surface area contributed by atoms with Crippen LogP contribution in [0.15, 0.2) is 0 Å². The lowest BCUT2D eigenvalue weighted by atomic mass is 10.2. The van der Waals surface area contributed by atoms with Gasteiger partial charge in [-0.1, -0.05) is 15.9 Å². The summed E-state index contributed by atoms with van der Waals surface area (Å²) < 4.78 is 16.3. The molecule has 1 saturated heterocycles. The number of carbonyl (C=O) groups is 1. The van der Waals surface area contributed by atoms with E-state index in [1.165, 1.54) is 0 Å². The summed E-state index contributed by atoms with van der Waals surface area (Å²) >= 11 is 3.29. The maximum atomic E-state index is 11.9. The monoisotopic (exact) mass is 323 g/mol. The van der Waals surface area contributed by atoms with Gasteiger partial charge in [0.05, 0.1) is 32.5 Å². The largest absolute Gasteiger partial charge is 0.444 e. The SMILES string of the molecule is CC(C)(C)OC(=O)N1CCO[C@@H](COCCBr)C1. The van der Waals surface area contributed by atoms with Gasteiger partial charge < -0.3 is 19.1 Å².